The van der Waals surface area contributed by atoms with Gasteiger partial charge in [-0.1, -0.05) is 13.8 Å². The van der Waals surface area contributed by atoms with E-state index in [2.05, 4.69) is 5.32 Å². The van der Waals surface area contributed by atoms with E-state index in [-0.39, 0.29) is 24.5 Å². The third kappa shape index (κ3) is 3.64. The van der Waals surface area contributed by atoms with E-state index in [4.69, 9.17) is 10.8 Å². The second-order valence-corrected chi connectivity index (χ2v) is 4.19. The van der Waals surface area contributed by atoms with Gasteiger partial charge in [0, 0.05) is 12.6 Å². The van der Waals surface area contributed by atoms with Crippen LogP contribution in [-0.4, -0.2) is 29.2 Å². The van der Waals surface area contributed by atoms with Crippen LogP contribution in [-0.2, 0) is 4.79 Å². The van der Waals surface area contributed by atoms with Crippen molar-refractivity contribution in [3.8, 4) is 0 Å². The maximum Gasteiger partial charge on any atom is 0.240 e. The molecule has 84 valence electrons. The van der Waals surface area contributed by atoms with Crippen molar-refractivity contribution in [1.82, 2.24) is 5.32 Å². The SMILES string of the molecule is CCC(C)(N)C(=O)NC(C)C(C)CO. The van der Waals surface area contributed by atoms with Crippen molar-refractivity contribution in [2.24, 2.45) is 11.7 Å². The summed E-state index contributed by atoms with van der Waals surface area (Å²) in [6.07, 6.45) is 0.596. The molecule has 0 heterocycles. The van der Waals surface area contributed by atoms with Crippen molar-refractivity contribution in [2.45, 2.75) is 45.7 Å². The second-order valence-electron chi connectivity index (χ2n) is 4.19. The molecule has 4 N–H and O–H groups in total. The van der Waals surface area contributed by atoms with Crippen LogP contribution < -0.4 is 11.1 Å². The Labute approximate surface area is 85.9 Å². The Hall–Kier alpha value is -0.610. The zero-order chi connectivity index (χ0) is 11.4. The average molecular weight is 202 g/mol. The fourth-order valence-corrected chi connectivity index (χ4v) is 0.833. The zero-order valence-corrected chi connectivity index (χ0v) is 9.50. The first-order valence-corrected chi connectivity index (χ1v) is 5.05. The first-order chi connectivity index (χ1) is 6.35. The van der Waals surface area contributed by atoms with Crippen LogP contribution in [0, 0.1) is 5.92 Å². The van der Waals surface area contributed by atoms with Gasteiger partial charge < -0.3 is 16.2 Å². The zero-order valence-electron chi connectivity index (χ0n) is 9.50. The highest BCUT2D eigenvalue weighted by molar-refractivity contribution is 5.85. The van der Waals surface area contributed by atoms with Crippen LogP contribution in [0.2, 0.25) is 0 Å². The van der Waals surface area contributed by atoms with Gasteiger partial charge in [-0.05, 0) is 26.2 Å². The lowest BCUT2D eigenvalue weighted by Gasteiger charge is -2.26. The van der Waals surface area contributed by atoms with Gasteiger partial charge in [-0.25, -0.2) is 0 Å². The molecule has 0 fully saturated rings. The highest BCUT2D eigenvalue weighted by atomic mass is 16.3. The maximum absolute atomic E-state index is 11.6. The Morgan fingerprint density at radius 1 is 1.57 bits per heavy atom. The van der Waals surface area contributed by atoms with E-state index in [9.17, 15) is 4.79 Å². The van der Waals surface area contributed by atoms with E-state index < -0.39 is 5.54 Å². The summed E-state index contributed by atoms with van der Waals surface area (Å²) < 4.78 is 0. The molecule has 1 amide bonds. The van der Waals surface area contributed by atoms with Crippen molar-refractivity contribution >= 4 is 5.91 Å². The van der Waals surface area contributed by atoms with Crippen LogP contribution in [0.4, 0.5) is 0 Å². The summed E-state index contributed by atoms with van der Waals surface area (Å²) in [4.78, 5) is 11.6. The third-order valence-corrected chi connectivity index (χ3v) is 2.75. The molecule has 14 heavy (non-hydrogen) atoms. The number of aliphatic hydroxyl groups is 1. The van der Waals surface area contributed by atoms with Gasteiger partial charge in [0.05, 0.1) is 5.54 Å². The number of nitrogens with two attached hydrogens (primary N) is 1. The van der Waals surface area contributed by atoms with Crippen molar-refractivity contribution in [2.75, 3.05) is 6.61 Å². The van der Waals surface area contributed by atoms with Gasteiger partial charge >= 0.3 is 0 Å². The summed E-state index contributed by atoms with van der Waals surface area (Å²) in [6, 6.07) is -0.0538. The number of carbonyl (C=O) groups is 1. The first-order valence-electron chi connectivity index (χ1n) is 5.05. The highest BCUT2D eigenvalue weighted by Crippen LogP contribution is 2.07. The largest absolute Gasteiger partial charge is 0.396 e. The number of carbonyl (C=O) groups excluding carboxylic acids is 1. The van der Waals surface area contributed by atoms with Gasteiger partial charge in [0.1, 0.15) is 0 Å². The van der Waals surface area contributed by atoms with E-state index in [1.54, 1.807) is 6.92 Å². The topological polar surface area (TPSA) is 75.4 Å². The Balaban J connectivity index is 4.19. The van der Waals surface area contributed by atoms with E-state index in [1.165, 1.54) is 0 Å². The number of hydrogen-bond acceptors (Lipinski definition) is 3. The lowest BCUT2D eigenvalue weighted by Crippen LogP contribution is -2.54. The van der Waals surface area contributed by atoms with Crippen LogP contribution >= 0.6 is 0 Å². The highest BCUT2D eigenvalue weighted by Gasteiger charge is 2.27. The molecule has 0 saturated heterocycles. The van der Waals surface area contributed by atoms with Crippen LogP contribution in [0.5, 0.6) is 0 Å². The molecule has 0 aliphatic heterocycles. The predicted molar refractivity (Wildman–Crippen MR) is 56.7 cm³/mol. The van der Waals surface area contributed by atoms with Crippen molar-refractivity contribution < 1.29 is 9.90 Å². The Morgan fingerprint density at radius 3 is 2.43 bits per heavy atom. The Morgan fingerprint density at radius 2 is 2.07 bits per heavy atom. The number of hydrogen-bond donors (Lipinski definition) is 3. The minimum atomic E-state index is -0.816. The van der Waals surface area contributed by atoms with E-state index in [0.717, 1.165) is 0 Å². The monoisotopic (exact) mass is 202 g/mol. The van der Waals surface area contributed by atoms with Crippen molar-refractivity contribution in [1.29, 1.82) is 0 Å². The van der Waals surface area contributed by atoms with Gasteiger partial charge in [0.2, 0.25) is 5.91 Å². The minimum Gasteiger partial charge on any atom is -0.396 e. The molecule has 0 bridgehead atoms. The fourth-order valence-electron chi connectivity index (χ4n) is 0.833. The lowest BCUT2D eigenvalue weighted by atomic mass is 9.97. The summed E-state index contributed by atoms with van der Waals surface area (Å²) >= 11 is 0. The lowest BCUT2D eigenvalue weighted by molar-refractivity contribution is -0.126. The fraction of sp³-hybridized carbons (Fsp3) is 0.900. The Bertz CT molecular complexity index is 193. The summed E-state index contributed by atoms with van der Waals surface area (Å²) in [5.41, 5.74) is 4.96. The molecular formula is C10H22N2O2. The quantitative estimate of drug-likeness (QED) is 0.598. The molecule has 0 aliphatic carbocycles. The second kappa shape index (κ2) is 5.32. The third-order valence-electron chi connectivity index (χ3n) is 2.75. The molecule has 0 radical (unpaired) electrons. The Kier molecular flexibility index (Phi) is 5.08. The van der Waals surface area contributed by atoms with Gasteiger partial charge in [-0.15, -0.1) is 0 Å². The van der Waals surface area contributed by atoms with Crippen molar-refractivity contribution in [3.05, 3.63) is 0 Å². The average Bonchev–Trinajstić information content (AvgIpc) is 2.16. The number of amides is 1. The van der Waals surface area contributed by atoms with E-state index >= 15 is 0 Å². The molecule has 0 aromatic carbocycles. The van der Waals surface area contributed by atoms with E-state index in [1.807, 2.05) is 20.8 Å². The predicted octanol–water partition coefficient (Wildman–Crippen LogP) is 0.247. The van der Waals surface area contributed by atoms with Crippen LogP contribution in [0.25, 0.3) is 0 Å². The number of nitrogens with one attached hydrogen (secondary N) is 1. The first kappa shape index (κ1) is 13.4. The summed E-state index contributed by atoms with van der Waals surface area (Å²) in [6.45, 7) is 7.39. The summed E-state index contributed by atoms with van der Waals surface area (Å²) in [7, 11) is 0. The molecule has 0 aromatic heterocycles. The van der Waals surface area contributed by atoms with Crippen LogP contribution in [0.15, 0.2) is 0 Å². The molecule has 0 saturated carbocycles. The standard InChI is InChI=1S/C10H22N2O2/c1-5-10(4,11)9(14)12-8(3)7(2)6-13/h7-8,13H,5-6,11H2,1-4H3,(H,12,14). The van der Waals surface area contributed by atoms with Crippen molar-refractivity contribution in [3.63, 3.8) is 0 Å². The molecule has 0 spiro atoms. The summed E-state index contributed by atoms with van der Waals surface area (Å²) in [5, 5.41) is 11.7. The molecule has 4 heteroatoms. The number of aliphatic hydroxyl groups excluding tert-OH is 1. The van der Waals surface area contributed by atoms with Crippen LogP contribution in [0.3, 0.4) is 0 Å². The number of rotatable bonds is 5. The van der Waals surface area contributed by atoms with Gasteiger partial charge in [0.25, 0.3) is 0 Å². The van der Waals surface area contributed by atoms with Crippen LogP contribution in [0.1, 0.15) is 34.1 Å². The smallest absolute Gasteiger partial charge is 0.240 e. The normalized spacial score (nSPS) is 19.6. The molecule has 0 rings (SSSR count). The van der Waals surface area contributed by atoms with Gasteiger partial charge in [0.15, 0.2) is 0 Å². The molecule has 3 atom stereocenters. The van der Waals surface area contributed by atoms with E-state index in [0.29, 0.717) is 6.42 Å². The molecule has 0 aromatic rings. The molecular weight excluding hydrogens is 180 g/mol. The molecule has 4 nitrogen and oxygen atoms in total. The summed E-state index contributed by atoms with van der Waals surface area (Å²) in [5.74, 6) is -0.112. The van der Waals surface area contributed by atoms with Gasteiger partial charge in [-0.2, -0.15) is 0 Å². The molecule has 3 unspecified atom stereocenters. The minimum absolute atomic E-state index is 0.0478. The molecule has 0 aliphatic rings. The maximum atomic E-state index is 11.6. The van der Waals surface area contributed by atoms with Gasteiger partial charge in [-0.3, -0.25) is 4.79 Å².